The van der Waals surface area contributed by atoms with Crippen LogP contribution in [0.5, 0.6) is 0 Å². The van der Waals surface area contributed by atoms with E-state index in [1.54, 1.807) is 0 Å². The van der Waals surface area contributed by atoms with Crippen molar-refractivity contribution in [2.24, 2.45) is 5.92 Å². The van der Waals surface area contributed by atoms with Crippen molar-refractivity contribution in [2.45, 2.75) is 18.1 Å². The van der Waals surface area contributed by atoms with Crippen molar-refractivity contribution in [3.05, 3.63) is 0 Å². The van der Waals surface area contributed by atoms with Gasteiger partial charge in [-0.3, -0.25) is 4.79 Å². The van der Waals surface area contributed by atoms with Crippen molar-refractivity contribution in [2.75, 3.05) is 6.26 Å². The maximum atomic E-state index is 10.8. The lowest BCUT2D eigenvalue weighted by Gasteiger charge is -2.30. The molecule has 64 valence electrons. The number of rotatable bonds is 2. The Hall–Kier alpha value is -0.580. The largest absolute Gasteiger partial charge is 0.481 e. The minimum atomic E-state index is -3.00. The topological polar surface area (TPSA) is 71.4 Å². The zero-order chi connectivity index (χ0) is 8.65. The highest BCUT2D eigenvalue weighted by atomic mass is 32.2. The lowest BCUT2D eigenvalue weighted by Crippen LogP contribution is -2.39. The van der Waals surface area contributed by atoms with E-state index in [1.165, 1.54) is 0 Å². The summed E-state index contributed by atoms with van der Waals surface area (Å²) in [5.74, 6) is -1.32. The van der Waals surface area contributed by atoms with E-state index in [2.05, 4.69) is 0 Å². The summed E-state index contributed by atoms with van der Waals surface area (Å²) >= 11 is 0. The third-order valence-electron chi connectivity index (χ3n) is 2.05. The summed E-state index contributed by atoms with van der Waals surface area (Å²) in [5.41, 5.74) is 0. The summed E-state index contributed by atoms with van der Waals surface area (Å²) in [6.07, 6.45) is 1.72. The predicted octanol–water partition coefficient (Wildman–Crippen LogP) is -0.106. The van der Waals surface area contributed by atoms with Gasteiger partial charge in [-0.25, -0.2) is 8.42 Å². The Morgan fingerprint density at radius 1 is 1.45 bits per heavy atom. The smallest absolute Gasteiger partial charge is 0.306 e. The van der Waals surface area contributed by atoms with Crippen LogP contribution in [0.4, 0.5) is 0 Å². The third kappa shape index (κ3) is 1.71. The number of aliphatic carboxylic acids is 1. The third-order valence-corrected chi connectivity index (χ3v) is 3.65. The number of carbonyl (C=O) groups is 1. The van der Waals surface area contributed by atoms with Gasteiger partial charge in [0.25, 0.3) is 0 Å². The monoisotopic (exact) mass is 178 g/mol. The molecule has 4 nitrogen and oxygen atoms in total. The molecular formula is C6H10O4S. The van der Waals surface area contributed by atoms with Gasteiger partial charge >= 0.3 is 5.97 Å². The highest BCUT2D eigenvalue weighted by Gasteiger charge is 2.40. The van der Waals surface area contributed by atoms with Crippen LogP contribution < -0.4 is 0 Å². The molecule has 0 atom stereocenters. The fourth-order valence-electron chi connectivity index (χ4n) is 1.12. The summed E-state index contributed by atoms with van der Waals surface area (Å²) in [5, 5.41) is 8.01. The fourth-order valence-corrected chi connectivity index (χ4v) is 2.28. The highest BCUT2D eigenvalue weighted by Crippen LogP contribution is 2.32. The van der Waals surface area contributed by atoms with Crippen LogP contribution in [0.25, 0.3) is 0 Å². The summed E-state index contributed by atoms with van der Waals surface area (Å²) < 4.78 is 21.6. The molecule has 0 bridgehead atoms. The Labute approximate surface area is 65.1 Å². The molecule has 0 heterocycles. The molecule has 0 saturated heterocycles. The van der Waals surface area contributed by atoms with E-state index >= 15 is 0 Å². The number of hydrogen-bond donors (Lipinski definition) is 1. The first kappa shape index (κ1) is 8.52. The standard InChI is InChI=1S/C6H10O4S/c1-11(9,10)5-2-4(3-5)6(7)8/h4-5H,2-3H2,1H3,(H,7,8). The van der Waals surface area contributed by atoms with Gasteiger partial charge in [0.1, 0.15) is 9.84 Å². The number of sulfone groups is 1. The van der Waals surface area contributed by atoms with Crippen molar-refractivity contribution < 1.29 is 18.3 Å². The van der Waals surface area contributed by atoms with E-state index < -0.39 is 27.0 Å². The first-order chi connectivity index (χ1) is 4.91. The van der Waals surface area contributed by atoms with Gasteiger partial charge in [-0.15, -0.1) is 0 Å². The van der Waals surface area contributed by atoms with Gasteiger partial charge < -0.3 is 5.11 Å². The second kappa shape index (κ2) is 2.48. The lowest BCUT2D eigenvalue weighted by atomic mass is 9.85. The maximum Gasteiger partial charge on any atom is 0.306 e. The summed E-state index contributed by atoms with van der Waals surface area (Å²) in [7, 11) is -3.00. The molecule has 1 aliphatic carbocycles. The molecule has 0 spiro atoms. The van der Waals surface area contributed by atoms with Crippen molar-refractivity contribution in [3.63, 3.8) is 0 Å². The van der Waals surface area contributed by atoms with Crippen LogP contribution in [0.3, 0.4) is 0 Å². The van der Waals surface area contributed by atoms with Gasteiger partial charge in [-0.1, -0.05) is 0 Å². The summed E-state index contributed by atoms with van der Waals surface area (Å²) in [6.45, 7) is 0. The van der Waals surface area contributed by atoms with E-state index in [4.69, 9.17) is 5.11 Å². The van der Waals surface area contributed by atoms with Crippen molar-refractivity contribution in [3.8, 4) is 0 Å². The van der Waals surface area contributed by atoms with Gasteiger partial charge in [-0.05, 0) is 12.8 Å². The molecule has 1 rings (SSSR count). The first-order valence-corrected chi connectivity index (χ1v) is 5.28. The van der Waals surface area contributed by atoms with E-state index in [0.717, 1.165) is 6.26 Å². The van der Waals surface area contributed by atoms with Crippen molar-refractivity contribution in [1.82, 2.24) is 0 Å². The number of carboxylic acid groups (broad SMARTS) is 1. The number of carboxylic acids is 1. The van der Waals surface area contributed by atoms with Crippen LogP contribution in [0.2, 0.25) is 0 Å². The molecular weight excluding hydrogens is 168 g/mol. The zero-order valence-corrected chi connectivity index (χ0v) is 6.97. The molecule has 1 N–H and O–H groups in total. The van der Waals surface area contributed by atoms with E-state index in [-0.39, 0.29) is 12.8 Å². The van der Waals surface area contributed by atoms with Gasteiger partial charge in [0.15, 0.2) is 0 Å². The molecule has 0 unspecified atom stereocenters. The van der Waals surface area contributed by atoms with Crippen LogP contribution >= 0.6 is 0 Å². The molecule has 1 saturated carbocycles. The molecule has 0 radical (unpaired) electrons. The molecule has 0 aromatic rings. The Morgan fingerprint density at radius 2 is 1.91 bits per heavy atom. The molecule has 5 heteroatoms. The average molecular weight is 178 g/mol. The molecule has 0 amide bonds. The van der Waals surface area contributed by atoms with Gasteiger partial charge in [0.05, 0.1) is 11.2 Å². The van der Waals surface area contributed by atoms with Crippen LogP contribution in [-0.4, -0.2) is 31.0 Å². The molecule has 1 aliphatic rings. The Balaban J connectivity index is 2.48. The van der Waals surface area contributed by atoms with E-state index in [0.29, 0.717) is 0 Å². The SMILES string of the molecule is CS(=O)(=O)C1CC(C(=O)O)C1. The van der Waals surface area contributed by atoms with Crippen molar-refractivity contribution >= 4 is 15.8 Å². The van der Waals surface area contributed by atoms with Gasteiger partial charge in [0.2, 0.25) is 0 Å². The fraction of sp³-hybridized carbons (Fsp3) is 0.833. The molecule has 0 aromatic heterocycles. The van der Waals surface area contributed by atoms with Gasteiger partial charge in [0, 0.05) is 6.26 Å². The van der Waals surface area contributed by atoms with Crippen LogP contribution in [-0.2, 0) is 14.6 Å². The van der Waals surface area contributed by atoms with Gasteiger partial charge in [-0.2, -0.15) is 0 Å². The minimum Gasteiger partial charge on any atom is -0.481 e. The van der Waals surface area contributed by atoms with Crippen molar-refractivity contribution in [1.29, 1.82) is 0 Å². The molecule has 1 fully saturated rings. The predicted molar refractivity (Wildman–Crippen MR) is 39.0 cm³/mol. The Morgan fingerprint density at radius 3 is 2.18 bits per heavy atom. The Bertz CT molecular complexity index is 260. The summed E-state index contributed by atoms with van der Waals surface area (Å²) in [6, 6.07) is 0. The average Bonchev–Trinajstić information content (AvgIpc) is 1.51. The Kier molecular flexibility index (Phi) is 1.92. The maximum absolute atomic E-state index is 10.8. The summed E-state index contributed by atoms with van der Waals surface area (Å²) in [4.78, 5) is 10.3. The number of hydrogen-bond acceptors (Lipinski definition) is 3. The van der Waals surface area contributed by atoms with E-state index in [9.17, 15) is 13.2 Å². The molecule has 0 aliphatic heterocycles. The van der Waals surface area contributed by atoms with E-state index in [1.807, 2.05) is 0 Å². The van der Waals surface area contributed by atoms with Crippen LogP contribution in [0.1, 0.15) is 12.8 Å². The highest BCUT2D eigenvalue weighted by molar-refractivity contribution is 7.91. The second-order valence-electron chi connectivity index (χ2n) is 2.96. The van der Waals surface area contributed by atoms with Crippen LogP contribution in [0.15, 0.2) is 0 Å². The zero-order valence-electron chi connectivity index (χ0n) is 6.15. The minimum absolute atomic E-state index is 0.286. The first-order valence-electron chi connectivity index (χ1n) is 3.33. The molecule has 0 aromatic carbocycles. The van der Waals surface area contributed by atoms with Crippen LogP contribution in [0, 0.1) is 5.92 Å². The lowest BCUT2D eigenvalue weighted by molar-refractivity contribution is -0.144. The second-order valence-corrected chi connectivity index (χ2v) is 5.28. The quantitative estimate of drug-likeness (QED) is 0.640. The normalized spacial score (nSPS) is 31.0. The molecule has 11 heavy (non-hydrogen) atoms.